The largest absolute Gasteiger partial charge is 0.490 e. The SMILES string of the molecule is C=CCOc1ccc(C=CC(=O)OCC(=O)c2ccc3[nH]c(=O)[nH]c3c2)cc1. The van der Waals surface area contributed by atoms with Crippen LogP contribution in [0.25, 0.3) is 17.1 Å². The second-order valence-electron chi connectivity index (χ2n) is 5.87. The van der Waals surface area contributed by atoms with Crippen LogP contribution in [0.4, 0.5) is 0 Å². The van der Waals surface area contributed by atoms with Crippen LogP contribution in [0.15, 0.2) is 66.0 Å². The van der Waals surface area contributed by atoms with Gasteiger partial charge in [-0.15, -0.1) is 0 Å². The minimum absolute atomic E-state index is 0.342. The molecule has 0 atom stereocenters. The molecule has 0 aliphatic rings. The highest BCUT2D eigenvalue weighted by atomic mass is 16.5. The van der Waals surface area contributed by atoms with Crippen molar-refractivity contribution in [2.24, 2.45) is 0 Å². The number of hydrogen-bond donors (Lipinski definition) is 2. The van der Waals surface area contributed by atoms with Gasteiger partial charge in [0.2, 0.25) is 0 Å². The smallest absolute Gasteiger partial charge is 0.331 e. The highest BCUT2D eigenvalue weighted by Gasteiger charge is 2.10. The van der Waals surface area contributed by atoms with E-state index in [2.05, 4.69) is 16.5 Å². The molecular weight excluding hydrogens is 360 g/mol. The Morgan fingerprint density at radius 3 is 2.54 bits per heavy atom. The highest BCUT2D eigenvalue weighted by molar-refractivity contribution is 6.01. The zero-order valence-corrected chi connectivity index (χ0v) is 14.9. The zero-order valence-electron chi connectivity index (χ0n) is 14.9. The fourth-order valence-corrected chi connectivity index (χ4v) is 2.47. The van der Waals surface area contributed by atoms with Gasteiger partial charge in [0.1, 0.15) is 12.4 Å². The predicted molar refractivity (Wildman–Crippen MR) is 105 cm³/mol. The molecule has 0 bridgehead atoms. The Bertz CT molecular complexity index is 1090. The van der Waals surface area contributed by atoms with Crippen LogP contribution >= 0.6 is 0 Å². The van der Waals surface area contributed by atoms with Crippen LogP contribution in [-0.4, -0.2) is 34.9 Å². The van der Waals surface area contributed by atoms with Gasteiger partial charge in [-0.25, -0.2) is 9.59 Å². The molecule has 142 valence electrons. The molecule has 0 aliphatic heterocycles. The molecule has 28 heavy (non-hydrogen) atoms. The van der Waals surface area contributed by atoms with Crippen LogP contribution in [0.2, 0.25) is 0 Å². The van der Waals surface area contributed by atoms with Crippen LogP contribution in [0.5, 0.6) is 5.75 Å². The number of nitrogens with one attached hydrogen (secondary N) is 2. The summed E-state index contributed by atoms with van der Waals surface area (Å²) >= 11 is 0. The number of imidazole rings is 1. The van der Waals surface area contributed by atoms with Gasteiger partial charge in [0.25, 0.3) is 0 Å². The predicted octanol–water partition coefficient (Wildman–Crippen LogP) is 2.86. The topological polar surface area (TPSA) is 101 Å². The average molecular weight is 378 g/mol. The van der Waals surface area contributed by atoms with Crippen molar-refractivity contribution in [3.05, 3.63) is 82.8 Å². The number of Topliss-reactive ketones (excluding diaryl/α,β-unsaturated/α-hetero) is 1. The first-order valence-corrected chi connectivity index (χ1v) is 8.49. The first-order chi connectivity index (χ1) is 13.5. The van der Waals surface area contributed by atoms with Gasteiger partial charge in [-0.2, -0.15) is 0 Å². The summed E-state index contributed by atoms with van der Waals surface area (Å²) in [4.78, 5) is 40.4. The summed E-state index contributed by atoms with van der Waals surface area (Å²) in [5.41, 5.74) is 1.90. The van der Waals surface area contributed by atoms with Crippen LogP contribution in [0, 0.1) is 0 Å². The van der Waals surface area contributed by atoms with Gasteiger partial charge in [0.15, 0.2) is 12.4 Å². The maximum absolute atomic E-state index is 12.2. The average Bonchev–Trinajstić information content (AvgIpc) is 3.08. The van der Waals surface area contributed by atoms with E-state index >= 15 is 0 Å². The monoisotopic (exact) mass is 378 g/mol. The highest BCUT2D eigenvalue weighted by Crippen LogP contribution is 2.13. The van der Waals surface area contributed by atoms with Gasteiger partial charge in [-0.05, 0) is 42.0 Å². The summed E-state index contributed by atoms with van der Waals surface area (Å²) in [6.07, 6.45) is 4.49. The van der Waals surface area contributed by atoms with Crippen molar-refractivity contribution < 1.29 is 19.1 Å². The first kappa shape index (κ1) is 18.9. The molecule has 0 aliphatic carbocycles. The van der Waals surface area contributed by atoms with Gasteiger partial charge in [-0.1, -0.05) is 24.8 Å². The number of ether oxygens (including phenoxy) is 2. The lowest BCUT2D eigenvalue weighted by Gasteiger charge is -2.03. The lowest BCUT2D eigenvalue weighted by molar-refractivity contribution is -0.136. The van der Waals surface area contributed by atoms with Gasteiger partial charge >= 0.3 is 11.7 Å². The van der Waals surface area contributed by atoms with Crippen molar-refractivity contribution in [2.75, 3.05) is 13.2 Å². The molecule has 0 unspecified atom stereocenters. The Hall–Kier alpha value is -3.87. The Labute approximate surface area is 160 Å². The molecule has 0 amide bonds. The van der Waals surface area contributed by atoms with Crippen molar-refractivity contribution in [3.63, 3.8) is 0 Å². The second kappa shape index (κ2) is 8.68. The van der Waals surface area contributed by atoms with E-state index in [-0.39, 0.29) is 11.5 Å². The number of carbonyl (C=O) groups is 2. The van der Waals surface area contributed by atoms with Gasteiger partial charge < -0.3 is 19.4 Å². The summed E-state index contributed by atoms with van der Waals surface area (Å²) in [5, 5.41) is 0. The minimum atomic E-state index is -0.628. The molecule has 1 aromatic heterocycles. The molecule has 7 heteroatoms. The number of rotatable bonds is 8. The van der Waals surface area contributed by atoms with Crippen molar-refractivity contribution in [3.8, 4) is 5.75 Å². The third kappa shape index (κ3) is 4.85. The van der Waals surface area contributed by atoms with E-state index in [1.165, 1.54) is 12.1 Å². The van der Waals surface area contributed by atoms with Crippen molar-refractivity contribution in [2.45, 2.75) is 0 Å². The van der Waals surface area contributed by atoms with Gasteiger partial charge in [0.05, 0.1) is 11.0 Å². The zero-order chi connectivity index (χ0) is 19.9. The number of ketones is 1. The summed E-state index contributed by atoms with van der Waals surface area (Å²) in [6, 6.07) is 11.9. The third-order valence-electron chi connectivity index (χ3n) is 3.84. The number of aromatic amines is 2. The summed E-state index contributed by atoms with van der Waals surface area (Å²) in [5.74, 6) is -0.295. The normalized spacial score (nSPS) is 10.9. The molecule has 0 radical (unpaired) electrons. The molecule has 3 aromatic rings. The molecule has 7 nitrogen and oxygen atoms in total. The fraction of sp³-hybridized carbons (Fsp3) is 0.0952. The fourth-order valence-electron chi connectivity index (χ4n) is 2.47. The van der Waals surface area contributed by atoms with E-state index in [0.29, 0.717) is 29.0 Å². The molecule has 0 fully saturated rings. The van der Waals surface area contributed by atoms with E-state index in [1.54, 1.807) is 48.6 Å². The molecular formula is C21H18N2O5. The van der Waals surface area contributed by atoms with Crippen molar-refractivity contribution >= 4 is 28.9 Å². The number of aromatic nitrogens is 2. The first-order valence-electron chi connectivity index (χ1n) is 8.49. The van der Waals surface area contributed by atoms with E-state index in [0.717, 1.165) is 5.56 Å². The third-order valence-corrected chi connectivity index (χ3v) is 3.84. The molecule has 0 spiro atoms. The summed E-state index contributed by atoms with van der Waals surface area (Å²) in [7, 11) is 0. The molecule has 1 heterocycles. The maximum atomic E-state index is 12.2. The number of H-pyrrole nitrogens is 2. The Kier molecular flexibility index (Phi) is 5.86. The minimum Gasteiger partial charge on any atom is -0.490 e. The summed E-state index contributed by atoms with van der Waals surface area (Å²) < 4.78 is 10.4. The number of fused-ring (bicyclic) bond motifs is 1. The number of benzene rings is 2. The number of hydrogen-bond acceptors (Lipinski definition) is 5. The molecule has 2 N–H and O–H groups in total. The maximum Gasteiger partial charge on any atom is 0.331 e. The van der Waals surface area contributed by atoms with E-state index in [1.807, 2.05) is 0 Å². The van der Waals surface area contributed by atoms with Gasteiger partial charge in [-0.3, -0.25) is 4.79 Å². The lowest BCUT2D eigenvalue weighted by Crippen LogP contribution is -2.12. The van der Waals surface area contributed by atoms with Gasteiger partial charge in [0, 0.05) is 11.6 Å². The molecule has 0 saturated heterocycles. The quantitative estimate of drug-likeness (QED) is 0.272. The standard InChI is InChI=1S/C21H18N2O5/c1-2-11-27-16-7-3-14(4-8-16)5-10-20(25)28-13-19(24)15-6-9-17-18(12-15)23-21(26)22-17/h2-10,12H,1,11,13H2,(H2,22,23,26). The van der Waals surface area contributed by atoms with E-state index in [4.69, 9.17) is 9.47 Å². The molecule has 2 aromatic carbocycles. The van der Waals surface area contributed by atoms with Crippen LogP contribution in [0.3, 0.4) is 0 Å². The second-order valence-corrected chi connectivity index (χ2v) is 5.87. The van der Waals surface area contributed by atoms with Crippen molar-refractivity contribution in [1.82, 2.24) is 9.97 Å². The molecule has 3 rings (SSSR count). The van der Waals surface area contributed by atoms with Crippen LogP contribution in [0.1, 0.15) is 15.9 Å². The van der Waals surface area contributed by atoms with E-state index in [9.17, 15) is 14.4 Å². The van der Waals surface area contributed by atoms with Crippen molar-refractivity contribution in [1.29, 1.82) is 0 Å². The van der Waals surface area contributed by atoms with Crippen LogP contribution < -0.4 is 10.4 Å². The Morgan fingerprint density at radius 1 is 1.04 bits per heavy atom. The Balaban J connectivity index is 1.53. The lowest BCUT2D eigenvalue weighted by atomic mass is 10.1. The number of esters is 1. The van der Waals surface area contributed by atoms with E-state index < -0.39 is 12.6 Å². The van der Waals surface area contributed by atoms with Crippen LogP contribution in [-0.2, 0) is 9.53 Å². The Morgan fingerprint density at radius 2 is 1.79 bits per heavy atom. The number of carbonyl (C=O) groups excluding carboxylic acids is 2. The molecule has 0 saturated carbocycles. The summed E-state index contributed by atoms with van der Waals surface area (Å²) in [6.45, 7) is 3.61.